The number of nitrogens with zero attached hydrogens (tertiary/aromatic N) is 3. The molecule has 1 amide bonds. The lowest BCUT2D eigenvalue weighted by Gasteiger charge is -2.23. The van der Waals surface area contributed by atoms with E-state index in [2.05, 4.69) is 10.2 Å². The number of carbonyl (C=O) groups is 2. The second kappa shape index (κ2) is 12.9. The lowest BCUT2D eigenvalue weighted by atomic mass is 9.95. The number of hydrogen-bond donors (Lipinski definition) is 1. The standard InChI is InChI=1S/C30H25ClFN3O5S2/c1-3-39-22-14-9-19(15-23(22)40-4-2)25-24(26(36)18-7-10-20(31)11-8-18)27(37)28(38)35(25)29-33-34-30(42-29)41-16-17-5-12-21(32)13-6-17/h5-15,25,36H,3-4,16H2,1-2H3. The first-order chi connectivity index (χ1) is 20.3. The minimum absolute atomic E-state index is 0.107. The van der Waals surface area contributed by atoms with E-state index in [1.54, 1.807) is 54.6 Å². The van der Waals surface area contributed by atoms with Gasteiger partial charge in [-0.05, 0) is 73.5 Å². The number of Topliss-reactive ketones (excluding diaryl/α,β-unsaturated/α-hetero) is 1. The van der Waals surface area contributed by atoms with Gasteiger partial charge in [-0.15, -0.1) is 10.2 Å². The van der Waals surface area contributed by atoms with E-state index in [0.717, 1.165) is 16.9 Å². The Morgan fingerprint density at radius 1 is 1.00 bits per heavy atom. The Morgan fingerprint density at radius 3 is 2.38 bits per heavy atom. The van der Waals surface area contributed by atoms with Gasteiger partial charge in [0.25, 0.3) is 5.78 Å². The monoisotopic (exact) mass is 625 g/mol. The van der Waals surface area contributed by atoms with E-state index in [1.165, 1.54) is 28.8 Å². The molecule has 0 aliphatic carbocycles. The van der Waals surface area contributed by atoms with Crippen LogP contribution in [0.15, 0.2) is 76.6 Å². The molecule has 1 aromatic heterocycles. The number of ether oxygens (including phenoxy) is 2. The van der Waals surface area contributed by atoms with Crippen LogP contribution in [0, 0.1) is 5.82 Å². The number of benzene rings is 3. The zero-order valence-corrected chi connectivity index (χ0v) is 24.9. The maximum atomic E-state index is 13.5. The largest absolute Gasteiger partial charge is 0.507 e. The van der Waals surface area contributed by atoms with E-state index in [1.807, 2.05) is 13.8 Å². The second-order valence-electron chi connectivity index (χ2n) is 9.01. The Morgan fingerprint density at radius 2 is 1.69 bits per heavy atom. The molecule has 0 saturated carbocycles. The number of thioether (sulfide) groups is 1. The Balaban J connectivity index is 1.57. The first-order valence-corrected chi connectivity index (χ1v) is 15.2. The highest BCUT2D eigenvalue weighted by Gasteiger charge is 2.48. The van der Waals surface area contributed by atoms with Crippen molar-refractivity contribution in [1.29, 1.82) is 0 Å². The fraction of sp³-hybridized carbons (Fsp3) is 0.200. The molecule has 0 radical (unpaired) electrons. The van der Waals surface area contributed by atoms with Gasteiger partial charge in [0.1, 0.15) is 11.6 Å². The van der Waals surface area contributed by atoms with Crippen molar-refractivity contribution in [1.82, 2.24) is 10.2 Å². The van der Waals surface area contributed by atoms with Crippen LogP contribution in [0.25, 0.3) is 5.76 Å². The Bertz CT molecular complexity index is 1640. The summed E-state index contributed by atoms with van der Waals surface area (Å²) in [5.74, 6) is -0.944. The molecule has 12 heteroatoms. The molecule has 0 spiro atoms. The van der Waals surface area contributed by atoms with Crippen LogP contribution in [0.4, 0.5) is 9.52 Å². The number of aliphatic hydroxyl groups is 1. The van der Waals surface area contributed by atoms with Gasteiger partial charge in [0.05, 0.1) is 24.8 Å². The maximum absolute atomic E-state index is 13.5. The van der Waals surface area contributed by atoms with Gasteiger partial charge in [0, 0.05) is 16.3 Å². The van der Waals surface area contributed by atoms with Crippen LogP contribution in [0.3, 0.4) is 0 Å². The Labute approximate surface area is 254 Å². The summed E-state index contributed by atoms with van der Waals surface area (Å²) in [5.41, 5.74) is 1.61. The van der Waals surface area contributed by atoms with Crippen molar-refractivity contribution >= 4 is 57.3 Å². The van der Waals surface area contributed by atoms with Crippen molar-refractivity contribution < 1.29 is 28.6 Å². The summed E-state index contributed by atoms with van der Waals surface area (Å²) < 4.78 is 25.3. The molecule has 5 rings (SSSR count). The third-order valence-electron chi connectivity index (χ3n) is 6.32. The van der Waals surface area contributed by atoms with Crippen LogP contribution in [0.1, 0.15) is 36.6 Å². The Kier molecular flexibility index (Phi) is 9.10. The molecule has 3 aromatic carbocycles. The molecule has 4 aromatic rings. The summed E-state index contributed by atoms with van der Waals surface area (Å²) >= 11 is 8.54. The lowest BCUT2D eigenvalue weighted by molar-refractivity contribution is -0.132. The van der Waals surface area contributed by atoms with Crippen LogP contribution in [-0.2, 0) is 15.3 Å². The second-order valence-corrected chi connectivity index (χ2v) is 11.6. The van der Waals surface area contributed by atoms with Crippen LogP contribution in [0.2, 0.25) is 5.02 Å². The van der Waals surface area contributed by atoms with Crippen molar-refractivity contribution in [3.8, 4) is 11.5 Å². The maximum Gasteiger partial charge on any atom is 0.301 e. The molecule has 216 valence electrons. The smallest absolute Gasteiger partial charge is 0.301 e. The molecule has 1 fully saturated rings. The lowest BCUT2D eigenvalue weighted by Crippen LogP contribution is -2.29. The average Bonchev–Trinajstić information content (AvgIpc) is 3.56. The minimum atomic E-state index is -1.03. The highest BCUT2D eigenvalue weighted by molar-refractivity contribution is 8.00. The number of aromatic nitrogens is 2. The molecule has 8 nitrogen and oxygen atoms in total. The number of hydrogen-bond acceptors (Lipinski definition) is 9. The van der Waals surface area contributed by atoms with Crippen LogP contribution < -0.4 is 14.4 Å². The first kappa shape index (κ1) is 29.6. The normalized spacial score (nSPS) is 16.2. The molecule has 2 heterocycles. The SMILES string of the molecule is CCOc1ccc(C2C(=C(O)c3ccc(Cl)cc3)C(=O)C(=O)N2c2nnc(SCc3ccc(F)cc3)s2)cc1OCC. The number of aliphatic hydroxyl groups excluding tert-OH is 1. The van der Waals surface area contributed by atoms with E-state index in [4.69, 9.17) is 21.1 Å². The average molecular weight is 626 g/mol. The summed E-state index contributed by atoms with van der Waals surface area (Å²) in [6, 6.07) is 16.5. The summed E-state index contributed by atoms with van der Waals surface area (Å²) in [4.78, 5) is 28.3. The molecule has 1 unspecified atom stereocenters. The molecule has 0 bridgehead atoms. The molecular formula is C30H25ClFN3O5S2. The third-order valence-corrected chi connectivity index (χ3v) is 8.70. The number of anilines is 1. The quantitative estimate of drug-likeness (QED) is 0.0658. The van der Waals surface area contributed by atoms with Gasteiger partial charge in [0.15, 0.2) is 15.8 Å². The van der Waals surface area contributed by atoms with E-state index in [9.17, 15) is 19.1 Å². The molecular weight excluding hydrogens is 601 g/mol. The number of ketones is 1. The Hall–Kier alpha value is -3.93. The van der Waals surface area contributed by atoms with Gasteiger partial charge in [0.2, 0.25) is 5.13 Å². The molecule has 1 atom stereocenters. The van der Waals surface area contributed by atoms with E-state index < -0.39 is 17.7 Å². The number of rotatable bonds is 10. The van der Waals surface area contributed by atoms with Crippen molar-refractivity contribution in [2.45, 2.75) is 30.0 Å². The highest BCUT2D eigenvalue weighted by Crippen LogP contribution is 2.45. The summed E-state index contributed by atoms with van der Waals surface area (Å²) in [5, 5.41) is 20.5. The third kappa shape index (κ3) is 6.13. The predicted octanol–water partition coefficient (Wildman–Crippen LogP) is 7.05. The van der Waals surface area contributed by atoms with Crippen LogP contribution >= 0.6 is 34.7 Å². The van der Waals surface area contributed by atoms with Crippen molar-refractivity contribution in [2.75, 3.05) is 18.1 Å². The predicted molar refractivity (Wildman–Crippen MR) is 161 cm³/mol. The molecule has 42 heavy (non-hydrogen) atoms. The minimum Gasteiger partial charge on any atom is -0.507 e. The highest BCUT2D eigenvalue weighted by atomic mass is 35.5. The van der Waals surface area contributed by atoms with Crippen molar-refractivity contribution in [2.24, 2.45) is 0 Å². The van der Waals surface area contributed by atoms with Gasteiger partial charge in [-0.25, -0.2) is 4.39 Å². The van der Waals surface area contributed by atoms with Crippen LogP contribution in [0.5, 0.6) is 11.5 Å². The van der Waals surface area contributed by atoms with E-state index >= 15 is 0 Å². The van der Waals surface area contributed by atoms with Gasteiger partial charge >= 0.3 is 5.91 Å². The summed E-state index contributed by atoms with van der Waals surface area (Å²) in [6.07, 6.45) is 0. The topological polar surface area (TPSA) is 102 Å². The number of halogens is 2. The molecule has 1 aliphatic heterocycles. The zero-order valence-electron chi connectivity index (χ0n) is 22.5. The van der Waals surface area contributed by atoms with Gasteiger partial charge in [-0.1, -0.05) is 52.9 Å². The van der Waals surface area contributed by atoms with Crippen molar-refractivity contribution in [3.63, 3.8) is 0 Å². The molecule has 1 saturated heterocycles. The first-order valence-electron chi connectivity index (χ1n) is 13.0. The van der Waals surface area contributed by atoms with E-state index in [-0.39, 0.29) is 22.3 Å². The fourth-order valence-electron chi connectivity index (χ4n) is 4.43. The van der Waals surface area contributed by atoms with E-state index in [0.29, 0.717) is 51.0 Å². The van der Waals surface area contributed by atoms with Gasteiger partial charge in [-0.2, -0.15) is 0 Å². The van der Waals surface area contributed by atoms with Gasteiger partial charge < -0.3 is 14.6 Å². The van der Waals surface area contributed by atoms with Crippen LogP contribution in [-0.4, -0.2) is 40.2 Å². The molecule has 1 N–H and O–H groups in total. The number of carbonyl (C=O) groups excluding carboxylic acids is 2. The summed E-state index contributed by atoms with van der Waals surface area (Å²) in [7, 11) is 0. The molecule has 1 aliphatic rings. The summed E-state index contributed by atoms with van der Waals surface area (Å²) in [6.45, 7) is 4.46. The van der Waals surface area contributed by atoms with Crippen molar-refractivity contribution in [3.05, 3.63) is 99.8 Å². The fourth-order valence-corrected chi connectivity index (χ4v) is 6.38. The van der Waals surface area contributed by atoms with Gasteiger partial charge in [-0.3, -0.25) is 14.5 Å². The number of amides is 1. The zero-order chi connectivity index (χ0) is 29.8.